The maximum absolute atomic E-state index is 12.9. The minimum atomic E-state index is -4.60. The molecule has 2 aliphatic rings. The van der Waals surface area contributed by atoms with Crippen LogP contribution in [-0.4, -0.2) is 64.8 Å². The van der Waals surface area contributed by atoms with E-state index in [2.05, 4.69) is 43.6 Å². The van der Waals surface area contributed by atoms with E-state index in [-0.39, 0.29) is 10.9 Å². The van der Waals surface area contributed by atoms with Gasteiger partial charge in [-0.15, -0.1) is 0 Å². The highest BCUT2D eigenvalue weighted by molar-refractivity contribution is 7.91. The number of hydrogen-bond donors (Lipinski definition) is 1. The number of hydrogen-bond acceptors (Lipinski definition) is 7. The minimum absolute atomic E-state index is 0.00815. The summed E-state index contributed by atoms with van der Waals surface area (Å²) >= 11 is 0. The second-order valence-electron chi connectivity index (χ2n) is 9.25. The number of ether oxygens (including phenoxy) is 1. The average molecular weight is 559 g/mol. The predicted molar refractivity (Wildman–Crippen MR) is 150 cm³/mol. The molecule has 0 aromatic heterocycles. The Bertz CT molecular complexity index is 1550. The lowest BCUT2D eigenvalue weighted by Gasteiger charge is -2.33. The molecular weight excluding hydrogens is 524 g/mol. The minimum Gasteiger partial charge on any atom is -0.456 e. The fraction of sp³-hybridized carbons (Fsp3) is 0.357. The highest BCUT2D eigenvalue weighted by atomic mass is 32.2. The quantitative estimate of drug-likeness (QED) is 0.448. The van der Waals surface area contributed by atoms with Crippen LogP contribution in [-0.2, 0) is 20.0 Å². The third-order valence-electron chi connectivity index (χ3n) is 7.05. The van der Waals surface area contributed by atoms with Gasteiger partial charge in [0.05, 0.1) is 15.8 Å². The van der Waals surface area contributed by atoms with Crippen molar-refractivity contribution in [2.75, 3.05) is 37.3 Å². The van der Waals surface area contributed by atoms with Gasteiger partial charge in [-0.25, -0.2) is 8.42 Å². The maximum Gasteiger partial charge on any atom is 0.294 e. The SMILES string of the molecule is CCN(CC)c1ccc2c(c1)OC1=CC(N(CC)CC)C=CC1=C2c1ccc(S(=O)(=O)O)cc1S(C)(=O)=O. The van der Waals surface area contributed by atoms with Crippen LogP contribution >= 0.6 is 0 Å². The number of anilines is 1. The highest BCUT2D eigenvalue weighted by Gasteiger charge is 2.32. The molecule has 0 saturated heterocycles. The van der Waals surface area contributed by atoms with Crippen molar-refractivity contribution in [3.8, 4) is 5.75 Å². The van der Waals surface area contributed by atoms with Crippen molar-refractivity contribution >= 4 is 31.2 Å². The molecule has 1 heterocycles. The van der Waals surface area contributed by atoms with Gasteiger partial charge in [0.2, 0.25) is 0 Å². The standard InChI is InChI=1S/C28H34N2O6S2/c1-6-29(7-2)19-10-13-22-25(16-19)36-26-17-20(30(8-3)9-4)11-14-23(26)28(22)24-15-12-21(38(33,34)35)18-27(24)37(5,31)32/h10-19H,6-9H2,1-5H3,(H,33,34,35). The average Bonchev–Trinajstić information content (AvgIpc) is 2.87. The van der Waals surface area contributed by atoms with Crippen molar-refractivity contribution in [1.29, 1.82) is 0 Å². The van der Waals surface area contributed by atoms with E-state index >= 15 is 0 Å². The highest BCUT2D eigenvalue weighted by Crippen LogP contribution is 2.46. The largest absolute Gasteiger partial charge is 0.456 e. The first-order chi connectivity index (χ1) is 17.9. The van der Waals surface area contributed by atoms with Crippen LogP contribution in [0.25, 0.3) is 5.57 Å². The van der Waals surface area contributed by atoms with Crippen LogP contribution < -0.4 is 9.64 Å². The molecule has 2 aromatic carbocycles. The van der Waals surface area contributed by atoms with E-state index in [1.54, 1.807) is 0 Å². The van der Waals surface area contributed by atoms with Crippen LogP contribution in [0.1, 0.15) is 38.8 Å². The van der Waals surface area contributed by atoms with Crippen molar-refractivity contribution in [1.82, 2.24) is 4.90 Å². The Balaban J connectivity index is 2.03. The molecule has 204 valence electrons. The third-order valence-corrected chi connectivity index (χ3v) is 9.04. The summed E-state index contributed by atoms with van der Waals surface area (Å²) < 4.78 is 65.6. The summed E-state index contributed by atoms with van der Waals surface area (Å²) in [6, 6.07) is 9.53. The van der Waals surface area contributed by atoms with Crippen LogP contribution in [0.15, 0.2) is 75.7 Å². The Kier molecular flexibility index (Phi) is 7.90. The lowest BCUT2D eigenvalue weighted by Crippen LogP contribution is -2.34. The summed E-state index contributed by atoms with van der Waals surface area (Å²) in [6.45, 7) is 11.7. The molecule has 0 saturated carbocycles. The van der Waals surface area contributed by atoms with Crippen molar-refractivity contribution in [3.05, 3.63) is 77.1 Å². The molecular formula is C28H34N2O6S2. The van der Waals surface area contributed by atoms with E-state index in [0.29, 0.717) is 33.8 Å². The maximum atomic E-state index is 12.9. The third kappa shape index (κ3) is 5.31. The number of sulfone groups is 1. The molecule has 1 aliphatic carbocycles. The number of likely N-dealkylation sites (N-methyl/N-ethyl adjacent to an activating group) is 1. The lowest BCUT2D eigenvalue weighted by molar-refractivity contribution is 0.281. The fourth-order valence-corrected chi connectivity index (χ4v) is 6.55. The Morgan fingerprint density at radius 3 is 2.13 bits per heavy atom. The number of nitrogens with zero attached hydrogens (tertiary/aromatic N) is 2. The normalized spacial score (nSPS) is 17.1. The topological polar surface area (TPSA) is 104 Å². The molecule has 0 amide bonds. The first-order valence-corrected chi connectivity index (χ1v) is 16.0. The summed E-state index contributed by atoms with van der Waals surface area (Å²) in [6.07, 6.45) is 7.05. The van der Waals surface area contributed by atoms with Gasteiger partial charge in [-0.2, -0.15) is 8.42 Å². The zero-order valence-electron chi connectivity index (χ0n) is 22.3. The zero-order valence-corrected chi connectivity index (χ0v) is 23.9. The van der Waals surface area contributed by atoms with Gasteiger partial charge in [-0.1, -0.05) is 32.1 Å². The number of fused-ring (bicyclic) bond motifs is 2. The number of allylic oxidation sites excluding steroid dienone is 1. The van der Waals surface area contributed by atoms with Gasteiger partial charge < -0.3 is 9.64 Å². The van der Waals surface area contributed by atoms with Gasteiger partial charge in [0.25, 0.3) is 10.1 Å². The second kappa shape index (κ2) is 10.7. The van der Waals surface area contributed by atoms with E-state index in [1.165, 1.54) is 12.1 Å². The summed E-state index contributed by atoms with van der Waals surface area (Å²) in [5.74, 6) is 1.20. The molecule has 38 heavy (non-hydrogen) atoms. The van der Waals surface area contributed by atoms with E-state index in [0.717, 1.165) is 44.2 Å². The van der Waals surface area contributed by atoms with Gasteiger partial charge in [0, 0.05) is 53.4 Å². The zero-order chi connectivity index (χ0) is 27.8. The fourth-order valence-electron chi connectivity index (χ4n) is 5.06. The van der Waals surface area contributed by atoms with Crippen molar-refractivity contribution < 1.29 is 26.1 Å². The number of rotatable bonds is 9. The first kappa shape index (κ1) is 28.1. The van der Waals surface area contributed by atoms with Crippen molar-refractivity contribution in [2.45, 2.75) is 43.5 Å². The van der Waals surface area contributed by atoms with Gasteiger partial charge >= 0.3 is 0 Å². The molecule has 4 rings (SSSR count). The molecule has 1 N–H and O–H groups in total. The molecule has 0 fully saturated rings. The Labute approximate surface area is 225 Å². The monoisotopic (exact) mass is 558 g/mol. The molecule has 10 heteroatoms. The number of benzene rings is 2. The summed E-state index contributed by atoms with van der Waals surface area (Å²) in [4.78, 5) is 3.80. The van der Waals surface area contributed by atoms with Crippen molar-refractivity contribution in [2.24, 2.45) is 0 Å². The molecule has 8 nitrogen and oxygen atoms in total. The molecule has 0 radical (unpaired) electrons. The molecule has 1 atom stereocenters. The first-order valence-electron chi connectivity index (χ1n) is 12.7. The Morgan fingerprint density at radius 1 is 0.895 bits per heavy atom. The van der Waals surface area contributed by atoms with Crippen LogP contribution in [0.2, 0.25) is 0 Å². The summed E-state index contributed by atoms with van der Waals surface area (Å²) in [7, 11) is -8.48. The smallest absolute Gasteiger partial charge is 0.294 e. The Hall–Kier alpha value is -2.92. The van der Waals surface area contributed by atoms with E-state index in [4.69, 9.17) is 4.74 Å². The van der Waals surface area contributed by atoms with Gasteiger partial charge in [-0.3, -0.25) is 9.45 Å². The molecule has 1 unspecified atom stereocenters. The van der Waals surface area contributed by atoms with Crippen LogP contribution in [0.4, 0.5) is 5.69 Å². The second-order valence-corrected chi connectivity index (χ2v) is 12.7. The molecule has 0 spiro atoms. The van der Waals surface area contributed by atoms with Crippen LogP contribution in [0.5, 0.6) is 5.75 Å². The van der Waals surface area contributed by atoms with Gasteiger partial charge in [-0.05, 0) is 57.3 Å². The molecule has 1 aliphatic heterocycles. The Morgan fingerprint density at radius 2 is 1.55 bits per heavy atom. The van der Waals surface area contributed by atoms with Crippen molar-refractivity contribution in [3.63, 3.8) is 0 Å². The van der Waals surface area contributed by atoms with E-state index in [1.807, 2.05) is 30.4 Å². The van der Waals surface area contributed by atoms with E-state index < -0.39 is 24.9 Å². The summed E-state index contributed by atoms with van der Waals surface area (Å²) in [5, 5.41) is 0. The lowest BCUT2D eigenvalue weighted by atomic mass is 9.86. The molecule has 2 aromatic rings. The van der Waals surface area contributed by atoms with Crippen LogP contribution in [0.3, 0.4) is 0 Å². The van der Waals surface area contributed by atoms with Gasteiger partial charge in [0.1, 0.15) is 11.5 Å². The molecule has 0 bridgehead atoms. The summed E-state index contributed by atoms with van der Waals surface area (Å²) in [5.41, 5.74) is 3.35. The van der Waals surface area contributed by atoms with Crippen LogP contribution in [0, 0.1) is 0 Å². The predicted octanol–water partition coefficient (Wildman–Crippen LogP) is 4.54. The van der Waals surface area contributed by atoms with E-state index in [9.17, 15) is 21.4 Å². The van der Waals surface area contributed by atoms with Gasteiger partial charge in [0.15, 0.2) is 9.84 Å².